The van der Waals surface area contributed by atoms with Crippen LogP contribution in [0.15, 0.2) is 18.2 Å². The highest BCUT2D eigenvalue weighted by Crippen LogP contribution is 2.22. The van der Waals surface area contributed by atoms with Gasteiger partial charge < -0.3 is 5.32 Å². The van der Waals surface area contributed by atoms with Crippen molar-refractivity contribution in [3.05, 3.63) is 43.6 Å². The van der Waals surface area contributed by atoms with Gasteiger partial charge >= 0.3 is 5.69 Å². The first-order chi connectivity index (χ1) is 8.97. The number of nitrogens with zero attached hydrogens (tertiary/aromatic N) is 3. The van der Waals surface area contributed by atoms with Crippen LogP contribution in [0.25, 0.3) is 0 Å². The number of carbonyl (C=O) groups is 1. The van der Waals surface area contributed by atoms with Crippen molar-refractivity contribution in [1.29, 1.82) is 0 Å². The van der Waals surface area contributed by atoms with Crippen molar-refractivity contribution in [1.82, 2.24) is 10.2 Å². The molecule has 0 aliphatic carbocycles. The second-order valence-corrected chi connectivity index (χ2v) is 4.80. The summed E-state index contributed by atoms with van der Waals surface area (Å²) in [7, 11) is 0. The number of nitrogens with one attached hydrogen (secondary N) is 1. The van der Waals surface area contributed by atoms with Crippen molar-refractivity contribution in [2.75, 3.05) is 5.32 Å². The molecule has 0 atom stereocenters. The number of nitro groups is 1. The molecule has 10 heteroatoms. The molecule has 1 heterocycles. The van der Waals surface area contributed by atoms with E-state index in [1.807, 2.05) is 0 Å². The molecular formula is C9H4ClFN4O3S. The van der Waals surface area contributed by atoms with Crippen molar-refractivity contribution < 1.29 is 14.1 Å². The highest BCUT2D eigenvalue weighted by Gasteiger charge is 2.16. The second-order valence-electron chi connectivity index (χ2n) is 3.24. The lowest BCUT2D eigenvalue weighted by Gasteiger charge is -2.02. The maximum absolute atomic E-state index is 13.3. The van der Waals surface area contributed by atoms with Gasteiger partial charge in [-0.3, -0.25) is 14.9 Å². The van der Waals surface area contributed by atoms with Crippen molar-refractivity contribution in [2.45, 2.75) is 0 Å². The minimum Gasteiger partial charge on any atom is -0.320 e. The Kier molecular flexibility index (Phi) is 3.67. The lowest BCUT2D eigenvalue weighted by molar-refractivity contribution is -0.387. The molecule has 0 aliphatic heterocycles. The van der Waals surface area contributed by atoms with Gasteiger partial charge in [-0.1, -0.05) is 11.3 Å². The molecule has 1 aromatic heterocycles. The zero-order chi connectivity index (χ0) is 14.0. The predicted molar refractivity (Wildman–Crippen MR) is 65.9 cm³/mol. The van der Waals surface area contributed by atoms with Gasteiger partial charge in [0.1, 0.15) is 0 Å². The summed E-state index contributed by atoms with van der Waals surface area (Å²) in [4.78, 5) is 21.2. The molecule has 0 fully saturated rings. The van der Waals surface area contributed by atoms with Gasteiger partial charge in [0.25, 0.3) is 5.91 Å². The summed E-state index contributed by atoms with van der Waals surface area (Å²) >= 11 is 6.37. The van der Waals surface area contributed by atoms with Crippen LogP contribution < -0.4 is 5.32 Å². The molecule has 0 unspecified atom stereocenters. The van der Waals surface area contributed by atoms with Gasteiger partial charge in [-0.05, 0) is 17.7 Å². The summed E-state index contributed by atoms with van der Waals surface area (Å²) in [5, 5.41) is 19.7. The van der Waals surface area contributed by atoms with Gasteiger partial charge in [-0.2, -0.15) is 4.39 Å². The Hall–Kier alpha value is -2.13. The third-order valence-electron chi connectivity index (χ3n) is 2.00. The monoisotopic (exact) mass is 302 g/mol. The first-order valence-corrected chi connectivity index (χ1v) is 5.91. The van der Waals surface area contributed by atoms with E-state index in [1.165, 1.54) is 6.07 Å². The van der Waals surface area contributed by atoms with Crippen LogP contribution >= 0.6 is 22.9 Å². The average Bonchev–Trinajstić information content (AvgIpc) is 2.75. The number of rotatable bonds is 3. The number of carbonyl (C=O) groups excluding carboxylic acids is 1. The first-order valence-electron chi connectivity index (χ1n) is 4.71. The lowest BCUT2D eigenvalue weighted by Crippen LogP contribution is -2.11. The average molecular weight is 303 g/mol. The molecule has 7 nitrogen and oxygen atoms in total. The summed E-state index contributed by atoms with van der Waals surface area (Å²) in [6, 6.07) is 3.01. The van der Waals surface area contributed by atoms with E-state index in [4.69, 9.17) is 11.6 Å². The lowest BCUT2D eigenvalue weighted by atomic mass is 10.2. The molecule has 0 radical (unpaired) electrons. The summed E-state index contributed by atoms with van der Waals surface area (Å²) in [5.41, 5.74) is -0.601. The molecular weight excluding hydrogens is 299 g/mol. The SMILES string of the molecule is O=C(Nc1ccc([N+](=O)[O-])c(F)c1)c1nnc(Cl)s1. The molecule has 0 spiro atoms. The van der Waals surface area contributed by atoms with E-state index in [-0.39, 0.29) is 15.2 Å². The van der Waals surface area contributed by atoms with E-state index in [1.54, 1.807) is 0 Å². The summed E-state index contributed by atoms with van der Waals surface area (Å²) < 4.78 is 13.4. The second kappa shape index (κ2) is 5.24. The number of hydrogen-bond donors (Lipinski definition) is 1. The summed E-state index contributed by atoms with van der Waals surface area (Å²) in [5.74, 6) is -1.67. The van der Waals surface area contributed by atoms with E-state index < -0.39 is 22.3 Å². The van der Waals surface area contributed by atoms with Crippen molar-refractivity contribution in [2.24, 2.45) is 0 Å². The number of hydrogen-bond acceptors (Lipinski definition) is 6. The Morgan fingerprint density at radius 1 is 1.47 bits per heavy atom. The first kappa shape index (κ1) is 13.3. The molecule has 0 saturated heterocycles. The van der Waals surface area contributed by atoms with Crippen molar-refractivity contribution in [3.63, 3.8) is 0 Å². The van der Waals surface area contributed by atoms with Crippen molar-refractivity contribution in [3.8, 4) is 0 Å². The van der Waals surface area contributed by atoms with Gasteiger partial charge in [-0.15, -0.1) is 10.2 Å². The van der Waals surface area contributed by atoms with E-state index in [0.717, 1.165) is 23.5 Å². The van der Waals surface area contributed by atoms with Gasteiger partial charge in [0.05, 0.1) is 4.92 Å². The number of nitro benzene ring substituents is 1. The molecule has 2 rings (SSSR count). The van der Waals surface area contributed by atoms with Crippen LogP contribution in [0.2, 0.25) is 4.47 Å². The number of halogens is 2. The third kappa shape index (κ3) is 3.01. The van der Waals surface area contributed by atoms with E-state index in [2.05, 4.69) is 15.5 Å². The number of aromatic nitrogens is 2. The van der Waals surface area contributed by atoms with Crippen LogP contribution in [0.1, 0.15) is 9.80 Å². The van der Waals surface area contributed by atoms with Crippen LogP contribution in [0.4, 0.5) is 15.8 Å². The van der Waals surface area contributed by atoms with Crippen molar-refractivity contribution >= 4 is 40.2 Å². The fraction of sp³-hybridized carbons (Fsp3) is 0. The highest BCUT2D eigenvalue weighted by molar-refractivity contribution is 7.17. The number of amides is 1. The summed E-state index contributed by atoms with van der Waals surface area (Å²) in [6.07, 6.45) is 0. The maximum atomic E-state index is 13.3. The van der Waals surface area contributed by atoms with E-state index in [0.29, 0.717) is 0 Å². The fourth-order valence-corrected chi connectivity index (χ4v) is 1.94. The molecule has 1 amide bonds. The van der Waals surface area contributed by atoms with Gasteiger partial charge in [0.15, 0.2) is 0 Å². The van der Waals surface area contributed by atoms with Gasteiger partial charge in [-0.25, -0.2) is 0 Å². The molecule has 0 aliphatic rings. The van der Waals surface area contributed by atoms with Crippen LogP contribution in [0.5, 0.6) is 0 Å². The topological polar surface area (TPSA) is 98.0 Å². The molecule has 0 saturated carbocycles. The van der Waals surface area contributed by atoms with E-state index in [9.17, 15) is 19.3 Å². The molecule has 19 heavy (non-hydrogen) atoms. The molecule has 2 aromatic rings. The predicted octanol–water partition coefficient (Wildman–Crippen LogP) is 2.49. The molecule has 98 valence electrons. The molecule has 1 N–H and O–H groups in total. The standard InChI is InChI=1S/C9H4ClFN4O3S/c10-9-14-13-8(19-9)7(16)12-4-1-2-6(15(17)18)5(11)3-4/h1-3H,(H,12,16). The van der Waals surface area contributed by atoms with Crippen LogP contribution in [0.3, 0.4) is 0 Å². The minimum absolute atomic E-state index is 0.00348. The number of benzene rings is 1. The Balaban J connectivity index is 2.18. The van der Waals surface area contributed by atoms with Gasteiger partial charge in [0.2, 0.25) is 15.3 Å². The zero-order valence-electron chi connectivity index (χ0n) is 8.96. The normalized spacial score (nSPS) is 10.2. The Labute approximate surface area is 114 Å². The Bertz CT molecular complexity index is 663. The minimum atomic E-state index is -1.04. The Morgan fingerprint density at radius 3 is 2.74 bits per heavy atom. The van der Waals surface area contributed by atoms with Gasteiger partial charge in [0, 0.05) is 17.8 Å². The third-order valence-corrected chi connectivity index (χ3v) is 3.01. The Morgan fingerprint density at radius 2 is 2.21 bits per heavy atom. The quantitative estimate of drug-likeness (QED) is 0.694. The maximum Gasteiger partial charge on any atom is 0.304 e. The largest absolute Gasteiger partial charge is 0.320 e. The van der Waals surface area contributed by atoms with Crippen LogP contribution in [-0.4, -0.2) is 21.0 Å². The van der Waals surface area contributed by atoms with E-state index >= 15 is 0 Å². The zero-order valence-corrected chi connectivity index (χ0v) is 10.5. The molecule has 0 bridgehead atoms. The fourth-order valence-electron chi connectivity index (χ4n) is 1.21. The summed E-state index contributed by atoms with van der Waals surface area (Å²) in [6.45, 7) is 0. The number of anilines is 1. The molecule has 1 aromatic carbocycles. The van der Waals surface area contributed by atoms with Crippen LogP contribution in [-0.2, 0) is 0 Å². The van der Waals surface area contributed by atoms with Crippen LogP contribution in [0, 0.1) is 15.9 Å². The smallest absolute Gasteiger partial charge is 0.304 e. The highest BCUT2D eigenvalue weighted by atomic mass is 35.5.